The van der Waals surface area contributed by atoms with Gasteiger partial charge in [-0.2, -0.15) is 5.26 Å². The summed E-state index contributed by atoms with van der Waals surface area (Å²) in [5, 5.41) is 12.5. The van der Waals surface area contributed by atoms with Crippen LogP contribution in [0.1, 0.15) is 63.5 Å². The van der Waals surface area contributed by atoms with Crippen LogP contribution < -0.4 is 30.8 Å². The molecule has 6 aromatic rings. The SMILES string of the molecule is COc1ccc(C(OC[C@H]2O[C@@H](n3c(=O)[nH]c(=O)c4ccc(NC(=O)COc5ccccc5)cc43)C[C@@H]2OP(OCCC#N)N(C(C)C)C(C)C)(c2ccccc2)c2ccc(OC)cc2)cc1. The molecule has 1 fully saturated rings. The van der Waals surface area contributed by atoms with Gasteiger partial charge in [-0.15, -0.1) is 0 Å². The van der Waals surface area contributed by atoms with Crippen molar-refractivity contribution in [2.45, 2.75) is 76.7 Å². The molecule has 0 spiro atoms. The van der Waals surface area contributed by atoms with E-state index >= 15 is 0 Å². The number of aromatic nitrogens is 2. The van der Waals surface area contributed by atoms with Gasteiger partial charge in [0.2, 0.25) is 0 Å². The Bertz CT molecular complexity index is 2670. The summed E-state index contributed by atoms with van der Waals surface area (Å²) < 4.78 is 47.9. The molecule has 0 aliphatic carbocycles. The summed E-state index contributed by atoms with van der Waals surface area (Å²) >= 11 is 0. The van der Waals surface area contributed by atoms with Crippen molar-refractivity contribution in [2.75, 3.05) is 39.4 Å². The molecular weight excluding hydrogens is 874 g/mol. The maximum absolute atomic E-state index is 14.1. The summed E-state index contributed by atoms with van der Waals surface area (Å²) in [6.07, 6.45) is -2.28. The largest absolute Gasteiger partial charge is 0.497 e. The van der Waals surface area contributed by atoms with Gasteiger partial charge in [0, 0.05) is 24.2 Å². The molecule has 0 bridgehead atoms. The number of H-pyrrole nitrogens is 1. The van der Waals surface area contributed by atoms with Crippen molar-refractivity contribution < 1.29 is 37.5 Å². The first kappa shape index (κ1) is 48.6. The Kier molecular flexibility index (Phi) is 16.2. The number of benzene rings is 5. The molecule has 1 unspecified atom stereocenters. The van der Waals surface area contributed by atoms with Crippen LogP contribution >= 0.6 is 8.53 Å². The lowest BCUT2D eigenvalue weighted by Crippen LogP contribution is -2.39. The Morgan fingerprint density at radius 2 is 1.45 bits per heavy atom. The first-order valence-electron chi connectivity index (χ1n) is 22.1. The fraction of sp³-hybridized carbons (Fsp3) is 0.333. The number of fused-ring (bicyclic) bond motifs is 1. The monoisotopic (exact) mass is 929 g/mol. The molecule has 1 amide bonds. The Balaban J connectivity index is 1.30. The van der Waals surface area contributed by atoms with Gasteiger partial charge in [0.25, 0.3) is 20.0 Å². The number of carbonyl (C=O) groups excluding carboxylic acids is 1. The molecule has 5 aromatic carbocycles. The Morgan fingerprint density at radius 1 is 0.851 bits per heavy atom. The van der Waals surface area contributed by atoms with Crippen LogP contribution in [0.3, 0.4) is 0 Å². The highest BCUT2D eigenvalue weighted by atomic mass is 31.2. The molecule has 1 aliphatic rings. The number of hydrogen-bond donors (Lipinski definition) is 2. The fourth-order valence-electron chi connectivity index (χ4n) is 8.29. The lowest BCUT2D eigenvalue weighted by Gasteiger charge is -2.39. The van der Waals surface area contributed by atoms with E-state index in [1.54, 1.807) is 56.7 Å². The molecule has 1 aromatic heterocycles. The molecule has 2 heterocycles. The molecule has 7 rings (SSSR count). The molecule has 1 aliphatic heterocycles. The van der Waals surface area contributed by atoms with Gasteiger partial charge in [0.15, 0.2) is 6.61 Å². The lowest BCUT2D eigenvalue weighted by molar-refractivity contribution is -0.118. The van der Waals surface area contributed by atoms with Crippen LogP contribution in [0.2, 0.25) is 0 Å². The van der Waals surface area contributed by atoms with E-state index in [0.717, 1.165) is 16.7 Å². The highest BCUT2D eigenvalue weighted by Gasteiger charge is 2.45. The first-order chi connectivity index (χ1) is 32.4. The zero-order chi connectivity index (χ0) is 47.5. The predicted octanol–water partition coefficient (Wildman–Crippen LogP) is 8.68. The van der Waals surface area contributed by atoms with Gasteiger partial charge in [0.1, 0.15) is 35.2 Å². The topological polar surface area (TPSA) is 176 Å². The molecular formula is C51H56N5O10P. The van der Waals surface area contributed by atoms with Crippen LogP contribution in [-0.4, -0.2) is 78.5 Å². The van der Waals surface area contributed by atoms with E-state index in [1.165, 1.54) is 4.57 Å². The van der Waals surface area contributed by atoms with Crippen molar-refractivity contribution in [3.8, 4) is 23.3 Å². The van der Waals surface area contributed by atoms with Crippen molar-refractivity contribution in [1.82, 2.24) is 14.2 Å². The highest BCUT2D eigenvalue weighted by Crippen LogP contribution is 2.51. The van der Waals surface area contributed by atoms with Crippen molar-refractivity contribution in [3.63, 3.8) is 0 Å². The minimum Gasteiger partial charge on any atom is -0.497 e. The Labute approximate surface area is 391 Å². The van der Waals surface area contributed by atoms with Crippen LogP contribution in [-0.2, 0) is 28.9 Å². The van der Waals surface area contributed by atoms with E-state index in [9.17, 15) is 19.6 Å². The average Bonchev–Trinajstić information content (AvgIpc) is 3.73. The third-order valence-electron chi connectivity index (χ3n) is 11.3. The summed E-state index contributed by atoms with van der Waals surface area (Å²) in [5.74, 6) is 1.43. The van der Waals surface area contributed by atoms with E-state index in [1.807, 2.05) is 84.9 Å². The quantitative estimate of drug-likeness (QED) is 0.0400. The van der Waals surface area contributed by atoms with E-state index in [2.05, 4.69) is 48.7 Å². The fourth-order valence-corrected chi connectivity index (χ4v) is 10.1. The molecule has 0 saturated carbocycles. The minimum absolute atomic E-state index is 0.00521. The molecule has 15 nitrogen and oxygen atoms in total. The number of aromatic amines is 1. The molecule has 0 radical (unpaired) electrons. The number of anilines is 1. The van der Waals surface area contributed by atoms with Crippen LogP contribution in [0.5, 0.6) is 17.2 Å². The van der Waals surface area contributed by atoms with Gasteiger partial charge < -0.3 is 38.0 Å². The number of amides is 1. The maximum atomic E-state index is 14.1. The molecule has 67 heavy (non-hydrogen) atoms. The zero-order valence-electron chi connectivity index (χ0n) is 38.4. The number of rotatable bonds is 21. The van der Waals surface area contributed by atoms with Crippen molar-refractivity contribution >= 4 is 31.0 Å². The predicted molar refractivity (Wildman–Crippen MR) is 256 cm³/mol. The summed E-state index contributed by atoms with van der Waals surface area (Å²) in [6, 6.07) is 41.0. The third-order valence-corrected chi connectivity index (χ3v) is 13.5. The van der Waals surface area contributed by atoms with Crippen molar-refractivity contribution in [1.29, 1.82) is 5.26 Å². The summed E-state index contributed by atoms with van der Waals surface area (Å²) in [7, 11) is 1.44. The smallest absolute Gasteiger partial charge is 0.330 e. The molecule has 4 atom stereocenters. The Morgan fingerprint density at radius 3 is 2.03 bits per heavy atom. The van der Waals surface area contributed by atoms with Gasteiger partial charge in [-0.05, 0) is 99.0 Å². The number of nitriles is 1. The van der Waals surface area contributed by atoms with Gasteiger partial charge >= 0.3 is 5.69 Å². The number of para-hydroxylation sites is 1. The normalized spacial score (nSPS) is 16.6. The summed E-state index contributed by atoms with van der Waals surface area (Å²) in [6.45, 7) is 8.01. The summed E-state index contributed by atoms with van der Waals surface area (Å²) in [4.78, 5) is 43.0. The molecule has 16 heteroatoms. The minimum atomic E-state index is -1.79. The third kappa shape index (κ3) is 11.3. The van der Waals surface area contributed by atoms with Crippen LogP contribution in [0, 0.1) is 11.3 Å². The summed E-state index contributed by atoms with van der Waals surface area (Å²) in [5.41, 5.74) is 0.466. The van der Waals surface area contributed by atoms with Gasteiger partial charge in [-0.25, -0.2) is 9.46 Å². The second kappa shape index (κ2) is 22.4. The first-order valence-corrected chi connectivity index (χ1v) is 23.2. The van der Waals surface area contributed by atoms with E-state index < -0.39 is 49.7 Å². The molecule has 2 N–H and O–H groups in total. The van der Waals surface area contributed by atoms with Crippen molar-refractivity contribution in [3.05, 3.63) is 165 Å². The average molecular weight is 930 g/mol. The number of hydrogen-bond acceptors (Lipinski definition) is 12. The van der Waals surface area contributed by atoms with E-state index in [0.29, 0.717) is 22.9 Å². The van der Waals surface area contributed by atoms with E-state index in [4.69, 9.17) is 32.7 Å². The number of ether oxygens (including phenoxy) is 5. The van der Waals surface area contributed by atoms with Gasteiger partial charge in [-0.3, -0.25) is 19.1 Å². The molecule has 1 saturated heterocycles. The van der Waals surface area contributed by atoms with Gasteiger partial charge in [-0.1, -0.05) is 72.8 Å². The zero-order valence-corrected chi connectivity index (χ0v) is 39.3. The van der Waals surface area contributed by atoms with Crippen LogP contribution in [0.4, 0.5) is 5.69 Å². The van der Waals surface area contributed by atoms with Crippen LogP contribution in [0.25, 0.3) is 10.9 Å². The van der Waals surface area contributed by atoms with Gasteiger partial charge in [0.05, 0.1) is 56.9 Å². The highest BCUT2D eigenvalue weighted by molar-refractivity contribution is 7.44. The molecule has 350 valence electrons. The standard InChI is InChI=1S/C51H56N5O10P/c1-34(2)56(35(3)4)67(64-29-13-28-52)66-45-31-48(55-44-30-39(22-27-43(44)49(58)54-50(55)59)53-47(57)33-62-42-16-11-8-12-17-42)65-46(45)32-63-51(36-14-9-7-10-15-36,37-18-23-40(60-5)24-19-37)38-20-25-41(61-6)26-21-38/h7-12,14-27,30,34-35,45-46,48H,13,29,31-33H2,1-6H3,(H,53,57)(H,54,58,59)/t45-,46+,48+,67?/m0/s1. The number of carbonyl (C=O) groups is 1. The second-order valence-corrected chi connectivity index (χ2v) is 17.8. The maximum Gasteiger partial charge on any atom is 0.330 e. The van der Waals surface area contributed by atoms with Crippen molar-refractivity contribution in [2.24, 2.45) is 0 Å². The number of nitrogens with zero attached hydrogens (tertiary/aromatic N) is 3. The lowest BCUT2D eigenvalue weighted by atomic mass is 9.80. The Hall–Kier alpha value is -6.37. The van der Waals surface area contributed by atoms with Crippen LogP contribution in [0.15, 0.2) is 137 Å². The van der Waals surface area contributed by atoms with E-state index in [-0.39, 0.29) is 55.6 Å². The number of methoxy groups -OCH3 is 2. The second-order valence-electron chi connectivity index (χ2n) is 16.4. The number of nitrogens with one attached hydrogen (secondary N) is 2.